The van der Waals surface area contributed by atoms with Gasteiger partial charge in [-0.25, -0.2) is 19.6 Å². The van der Waals surface area contributed by atoms with Crippen molar-refractivity contribution in [1.29, 1.82) is 0 Å². The summed E-state index contributed by atoms with van der Waals surface area (Å²) in [6.07, 6.45) is 4.28. The molecule has 16 nitrogen and oxygen atoms in total. The molecule has 7 aromatic rings. The lowest BCUT2D eigenvalue weighted by atomic mass is 10.0. The fraction of sp³-hybridized carbons (Fsp3) is 0.358. The van der Waals surface area contributed by atoms with Gasteiger partial charge in [-0.05, 0) is 98.5 Å². The molecule has 362 valence electrons. The van der Waals surface area contributed by atoms with Crippen LogP contribution in [0.1, 0.15) is 93.8 Å². The van der Waals surface area contributed by atoms with Crippen LogP contribution in [0.3, 0.4) is 0 Å². The third-order valence-electron chi connectivity index (χ3n) is 13.9. The van der Waals surface area contributed by atoms with Crippen LogP contribution in [0, 0.1) is 18.8 Å². The van der Waals surface area contributed by atoms with Crippen LogP contribution in [-0.2, 0) is 14.3 Å². The van der Waals surface area contributed by atoms with E-state index in [4.69, 9.17) is 19.4 Å². The van der Waals surface area contributed by atoms with Gasteiger partial charge in [0.05, 0.1) is 54.2 Å². The number of benzene rings is 3. The number of thiophene rings is 1. The highest BCUT2D eigenvalue weighted by atomic mass is 32.1. The number of hydrogen-bond acceptors (Lipinski definition) is 9. The van der Waals surface area contributed by atoms with Gasteiger partial charge in [0.25, 0.3) is 0 Å². The topological polar surface area (TPSA) is 200 Å². The standard InChI is InChI=1S/C53H57N9O7S/c1-28(2)45(58-52(65)66)49(63)60-20-8-12-40(60)48-55-27-38(57-48)32-15-17-36-42-24-35-22-31(37-26-54-47(56-37)41-13-9-21-61(41)50(64)46(29(3)4)59-53(67)68-6)16-18-39(35)62(42)51(69-43(36)25-32)34-11-7-10-33(23-34)44-19-14-30(5)70-44/h7,10-11,14-19,22-29,40-41,45-46,51,58H,8-9,12-13,20-21H2,1-6H3,(H,54,56)(H,55,57)(H,59,67)(H,65,66)/t40?,41-,45-,46?,51?/m0/s1. The number of rotatable bonds is 12. The highest BCUT2D eigenvalue weighted by Gasteiger charge is 2.39. The number of likely N-dealkylation sites (tertiary alicyclic amines) is 2. The number of carbonyl (C=O) groups is 4. The number of aromatic amines is 2. The summed E-state index contributed by atoms with van der Waals surface area (Å²) >= 11 is 1.75. The second-order valence-corrected chi connectivity index (χ2v) is 20.5. The summed E-state index contributed by atoms with van der Waals surface area (Å²) in [6, 6.07) is 25.4. The first-order valence-corrected chi connectivity index (χ1v) is 24.8. The van der Waals surface area contributed by atoms with Crippen molar-refractivity contribution in [2.45, 2.75) is 90.7 Å². The second-order valence-electron chi connectivity index (χ2n) is 19.2. The number of carboxylic acid groups (broad SMARTS) is 1. The first-order valence-electron chi connectivity index (χ1n) is 23.9. The molecule has 70 heavy (non-hydrogen) atoms. The van der Waals surface area contributed by atoms with E-state index >= 15 is 0 Å². The molecule has 17 heteroatoms. The number of hydrogen-bond donors (Lipinski definition) is 5. The number of alkyl carbamates (subject to hydrolysis) is 1. The predicted octanol–water partition coefficient (Wildman–Crippen LogP) is 10.1. The van der Waals surface area contributed by atoms with Gasteiger partial charge >= 0.3 is 12.2 Å². The summed E-state index contributed by atoms with van der Waals surface area (Å²) in [5.41, 5.74) is 8.42. The molecule has 7 heterocycles. The van der Waals surface area contributed by atoms with Crippen LogP contribution in [0.4, 0.5) is 9.59 Å². The minimum absolute atomic E-state index is 0.137. The van der Waals surface area contributed by atoms with Crippen molar-refractivity contribution in [3.8, 4) is 50.0 Å². The maximum Gasteiger partial charge on any atom is 0.407 e. The van der Waals surface area contributed by atoms with Crippen LogP contribution in [0.5, 0.6) is 5.75 Å². The first kappa shape index (κ1) is 46.3. The Morgan fingerprint density at radius 3 is 2.00 bits per heavy atom. The molecular formula is C53H57N9O7S. The Morgan fingerprint density at radius 1 is 0.771 bits per heavy atom. The van der Waals surface area contributed by atoms with Crippen LogP contribution in [0.15, 0.2) is 91.3 Å². The average Bonchev–Trinajstić information content (AvgIpc) is 4.22. The van der Waals surface area contributed by atoms with Gasteiger partial charge in [-0.1, -0.05) is 58.0 Å². The number of amides is 4. The van der Waals surface area contributed by atoms with E-state index in [2.05, 4.69) is 98.8 Å². The molecule has 0 spiro atoms. The number of methoxy groups -OCH3 is 1. The Kier molecular flexibility index (Phi) is 12.5. The number of carbonyl (C=O) groups excluding carboxylic acids is 3. The predicted molar refractivity (Wildman–Crippen MR) is 267 cm³/mol. The lowest BCUT2D eigenvalue weighted by molar-refractivity contribution is -0.136. The monoisotopic (exact) mass is 963 g/mol. The fourth-order valence-electron chi connectivity index (χ4n) is 10.3. The lowest BCUT2D eigenvalue weighted by Crippen LogP contribution is -2.51. The van der Waals surface area contributed by atoms with Gasteiger partial charge in [-0.2, -0.15) is 0 Å². The SMILES string of the molecule is COC(=O)NC(C(=O)N1CCC[C@H]1c1ncc(-c2ccc3c(c2)cc2n3C(c3cccc(-c4ccc(C)s4)c3)Oc3cc(-c4cnc(C5CCCN5C(=O)[C@@H](NC(=O)O)C(C)C)[nH]4)ccc3-2)[nH]1)C(C)C. The lowest BCUT2D eigenvalue weighted by Gasteiger charge is -2.31. The molecule has 5 atom stereocenters. The second kappa shape index (κ2) is 18.8. The molecule has 0 bridgehead atoms. The average molecular weight is 964 g/mol. The molecule has 3 aliphatic rings. The van der Waals surface area contributed by atoms with Crippen molar-refractivity contribution in [3.05, 3.63) is 113 Å². The van der Waals surface area contributed by atoms with Gasteiger partial charge in [-0.15, -0.1) is 11.3 Å². The van der Waals surface area contributed by atoms with Crippen LogP contribution in [0.2, 0.25) is 0 Å². The van der Waals surface area contributed by atoms with Gasteiger partial charge in [0.2, 0.25) is 18.0 Å². The number of nitrogens with zero attached hydrogens (tertiary/aromatic N) is 5. The summed E-state index contributed by atoms with van der Waals surface area (Å²) in [4.78, 5) is 73.9. The van der Waals surface area contributed by atoms with E-state index in [9.17, 15) is 24.3 Å². The van der Waals surface area contributed by atoms with Crippen LogP contribution in [0.25, 0.3) is 55.1 Å². The number of nitrogens with one attached hydrogen (secondary N) is 4. The largest absolute Gasteiger partial charge is 0.465 e. The Balaban J connectivity index is 0.982. The zero-order chi connectivity index (χ0) is 49.0. The number of imidazole rings is 2. The molecule has 4 amide bonds. The summed E-state index contributed by atoms with van der Waals surface area (Å²) in [5, 5.41) is 15.6. The van der Waals surface area contributed by atoms with E-state index in [1.807, 2.05) is 50.9 Å². The molecule has 10 rings (SSSR count). The maximum absolute atomic E-state index is 13.9. The van der Waals surface area contributed by atoms with Crippen molar-refractivity contribution < 1.29 is 33.8 Å². The molecular weight excluding hydrogens is 907 g/mol. The smallest absolute Gasteiger partial charge is 0.407 e. The summed E-state index contributed by atoms with van der Waals surface area (Å²) in [5.74, 6) is 1.29. The van der Waals surface area contributed by atoms with E-state index in [1.54, 1.807) is 22.4 Å². The molecule has 2 saturated heterocycles. The number of H-pyrrole nitrogens is 2. The zero-order valence-electron chi connectivity index (χ0n) is 40.0. The number of aryl methyl sites for hydroxylation is 1. The van der Waals surface area contributed by atoms with Gasteiger partial charge < -0.3 is 49.5 Å². The molecule has 3 aliphatic heterocycles. The minimum Gasteiger partial charge on any atom is -0.465 e. The van der Waals surface area contributed by atoms with Crippen LogP contribution < -0.4 is 15.4 Å². The highest BCUT2D eigenvalue weighted by molar-refractivity contribution is 7.15. The Morgan fingerprint density at radius 2 is 1.40 bits per heavy atom. The molecule has 0 saturated carbocycles. The zero-order valence-corrected chi connectivity index (χ0v) is 40.8. The van der Waals surface area contributed by atoms with Gasteiger partial charge in [-0.3, -0.25) is 9.59 Å². The van der Waals surface area contributed by atoms with E-state index in [0.29, 0.717) is 36.9 Å². The van der Waals surface area contributed by atoms with E-state index in [-0.39, 0.29) is 35.7 Å². The van der Waals surface area contributed by atoms with Crippen molar-refractivity contribution in [2.24, 2.45) is 11.8 Å². The first-order chi connectivity index (χ1) is 33.8. The van der Waals surface area contributed by atoms with Gasteiger partial charge in [0.15, 0.2) is 0 Å². The summed E-state index contributed by atoms with van der Waals surface area (Å²) < 4.78 is 14.2. The van der Waals surface area contributed by atoms with Crippen LogP contribution >= 0.6 is 11.3 Å². The Bertz CT molecular complexity index is 3130. The number of ether oxygens (including phenoxy) is 2. The quantitative estimate of drug-likeness (QED) is 0.0791. The van der Waals surface area contributed by atoms with Crippen LogP contribution in [-0.4, -0.2) is 95.7 Å². The summed E-state index contributed by atoms with van der Waals surface area (Å²) in [7, 11) is 1.29. The number of fused-ring (bicyclic) bond motifs is 5. The molecule has 3 aromatic carbocycles. The molecule has 4 aromatic heterocycles. The number of aromatic nitrogens is 5. The minimum atomic E-state index is -1.23. The highest BCUT2D eigenvalue weighted by Crippen LogP contribution is 2.47. The van der Waals surface area contributed by atoms with Crippen molar-refractivity contribution in [3.63, 3.8) is 0 Å². The normalized spacial score (nSPS) is 18.4. The van der Waals surface area contributed by atoms with E-state index in [1.165, 1.54) is 16.9 Å². The molecule has 0 radical (unpaired) electrons. The molecule has 0 aliphatic carbocycles. The third-order valence-corrected chi connectivity index (χ3v) is 14.9. The Hall–Kier alpha value is -7.40. The van der Waals surface area contributed by atoms with E-state index in [0.717, 1.165) is 75.1 Å². The van der Waals surface area contributed by atoms with Crippen molar-refractivity contribution in [1.82, 2.24) is 44.9 Å². The Labute approximate surface area is 409 Å². The van der Waals surface area contributed by atoms with Crippen molar-refractivity contribution >= 4 is 46.2 Å². The fourth-order valence-corrected chi connectivity index (χ4v) is 11.2. The molecule has 2 fully saturated rings. The summed E-state index contributed by atoms with van der Waals surface area (Å²) in [6.45, 7) is 10.7. The van der Waals surface area contributed by atoms with E-state index < -0.39 is 30.5 Å². The maximum atomic E-state index is 13.9. The van der Waals surface area contributed by atoms with Crippen molar-refractivity contribution in [2.75, 3.05) is 20.2 Å². The molecule has 5 N–H and O–H groups in total. The van der Waals surface area contributed by atoms with Gasteiger partial charge in [0.1, 0.15) is 29.5 Å². The third kappa shape index (κ3) is 8.67. The van der Waals surface area contributed by atoms with Gasteiger partial charge in [0, 0.05) is 50.5 Å². The molecule has 3 unspecified atom stereocenters.